The number of hydrogen-bond donors (Lipinski definition) is 1. The summed E-state index contributed by atoms with van der Waals surface area (Å²) < 4.78 is 36.2. The lowest BCUT2D eigenvalue weighted by molar-refractivity contribution is -0.127. The highest BCUT2D eigenvalue weighted by atomic mass is 35.5. The average Bonchev–Trinajstić information content (AvgIpc) is 2.47. The monoisotopic (exact) mass is 237 g/mol. The standard InChI is InChI=1S/C10H10F3N.ClH/c11-10(12,13)4-7-1-2-8-5-14-6-9(8)3-7;/h1-3,14H,4-6H2;1H. The first-order valence-electron chi connectivity index (χ1n) is 4.43. The number of halogens is 4. The summed E-state index contributed by atoms with van der Waals surface area (Å²) in [5.41, 5.74) is 2.45. The summed E-state index contributed by atoms with van der Waals surface area (Å²) in [6.07, 6.45) is -4.94. The van der Waals surface area contributed by atoms with E-state index in [2.05, 4.69) is 5.32 Å². The van der Waals surface area contributed by atoms with Crippen molar-refractivity contribution in [1.29, 1.82) is 0 Å². The molecule has 0 spiro atoms. The summed E-state index contributed by atoms with van der Waals surface area (Å²) in [6.45, 7) is 1.45. The molecule has 0 aromatic heterocycles. The Kier molecular flexibility index (Phi) is 3.62. The van der Waals surface area contributed by atoms with Crippen molar-refractivity contribution < 1.29 is 13.2 Å². The molecule has 84 valence electrons. The van der Waals surface area contributed by atoms with Gasteiger partial charge in [-0.05, 0) is 16.7 Å². The first-order chi connectivity index (χ1) is 6.54. The van der Waals surface area contributed by atoms with E-state index in [1.54, 1.807) is 18.2 Å². The number of nitrogens with one attached hydrogen (secondary N) is 1. The molecule has 5 heteroatoms. The number of alkyl halides is 3. The predicted molar refractivity (Wildman–Crippen MR) is 54.0 cm³/mol. The molecule has 1 aliphatic rings. The zero-order chi connectivity index (χ0) is 10.2. The van der Waals surface area contributed by atoms with Crippen LogP contribution in [0.25, 0.3) is 0 Å². The molecule has 1 nitrogen and oxygen atoms in total. The highest BCUT2D eigenvalue weighted by Crippen LogP contribution is 2.24. The minimum atomic E-state index is -4.11. The number of fused-ring (bicyclic) bond motifs is 1. The van der Waals surface area contributed by atoms with Crippen LogP contribution in [-0.2, 0) is 19.5 Å². The van der Waals surface area contributed by atoms with Gasteiger partial charge in [0.2, 0.25) is 0 Å². The van der Waals surface area contributed by atoms with Gasteiger partial charge in [0.15, 0.2) is 0 Å². The summed E-state index contributed by atoms with van der Waals surface area (Å²) in [6, 6.07) is 4.97. The molecule has 1 N–H and O–H groups in total. The minimum absolute atomic E-state index is 0. The lowest BCUT2D eigenvalue weighted by atomic mass is 10.0. The minimum Gasteiger partial charge on any atom is -0.309 e. The normalized spacial score (nSPS) is 14.6. The summed E-state index contributed by atoms with van der Waals surface area (Å²) in [4.78, 5) is 0. The molecule has 0 fully saturated rings. The van der Waals surface area contributed by atoms with Crippen LogP contribution in [0.3, 0.4) is 0 Å². The molecule has 2 rings (SSSR count). The van der Waals surface area contributed by atoms with E-state index in [0.29, 0.717) is 12.1 Å². The molecule has 0 saturated heterocycles. The number of rotatable bonds is 1. The molecule has 15 heavy (non-hydrogen) atoms. The van der Waals surface area contributed by atoms with E-state index in [1.165, 1.54) is 0 Å². The summed E-state index contributed by atoms with van der Waals surface area (Å²) in [5.74, 6) is 0. The van der Waals surface area contributed by atoms with Crippen molar-refractivity contribution in [2.24, 2.45) is 0 Å². The second kappa shape index (κ2) is 4.41. The molecule has 1 aliphatic heterocycles. The molecule has 1 heterocycles. The maximum Gasteiger partial charge on any atom is 0.393 e. The Labute approximate surface area is 92.1 Å². The molecule has 0 atom stereocenters. The summed E-state index contributed by atoms with van der Waals surface area (Å²) >= 11 is 0. The Morgan fingerprint density at radius 1 is 1.13 bits per heavy atom. The van der Waals surface area contributed by atoms with Crippen LogP contribution in [0.4, 0.5) is 13.2 Å². The first kappa shape index (κ1) is 12.3. The van der Waals surface area contributed by atoms with Crippen LogP contribution < -0.4 is 5.32 Å². The first-order valence-corrected chi connectivity index (χ1v) is 4.43. The Morgan fingerprint density at radius 2 is 1.80 bits per heavy atom. The molecule has 0 radical (unpaired) electrons. The number of hydrogen-bond acceptors (Lipinski definition) is 1. The Bertz CT molecular complexity index is 349. The Hall–Kier alpha value is -0.740. The van der Waals surface area contributed by atoms with Gasteiger partial charge in [-0.1, -0.05) is 18.2 Å². The van der Waals surface area contributed by atoms with Gasteiger partial charge in [0.25, 0.3) is 0 Å². The van der Waals surface area contributed by atoms with Crippen molar-refractivity contribution in [3.63, 3.8) is 0 Å². The van der Waals surface area contributed by atoms with Crippen molar-refractivity contribution in [3.05, 3.63) is 34.9 Å². The van der Waals surface area contributed by atoms with Gasteiger partial charge in [0.05, 0.1) is 6.42 Å². The van der Waals surface area contributed by atoms with E-state index in [-0.39, 0.29) is 12.4 Å². The molecule has 0 aliphatic carbocycles. The second-order valence-corrected chi connectivity index (χ2v) is 3.50. The van der Waals surface area contributed by atoms with Gasteiger partial charge < -0.3 is 5.32 Å². The van der Waals surface area contributed by atoms with E-state index in [4.69, 9.17) is 0 Å². The maximum atomic E-state index is 12.1. The largest absolute Gasteiger partial charge is 0.393 e. The zero-order valence-electron chi connectivity index (χ0n) is 7.90. The van der Waals surface area contributed by atoms with Gasteiger partial charge in [-0.3, -0.25) is 0 Å². The fraction of sp³-hybridized carbons (Fsp3) is 0.400. The average molecular weight is 238 g/mol. The number of benzene rings is 1. The lowest BCUT2D eigenvalue weighted by Gasteiger charge is -2.07. The van der Waals surface area contributed by atoms with Gasteiger partial charge in [-0.25, -0.2) is 0 Å². The molecule has 0 bridgehead atoms. The van der Waals surface area contributed by atoms with E-state index in [0.717, 1.165) is 17.7 Å². The van der Waals surface area contributed by atoms with E-state index < -0.39 is 12.6 Å². The van der Waals surface area contributed by atoms with E-state index in [1.807, 2.05) is 0 Å². The van der Waals surface area contributed by atoms with Crippen LogP contribution in [0, 0.1) is 0 Å². The van der Waals surface area contributed by atoms with Crippen molar-refractivity contribution in [1.82, 2.24) is 5.32 Å². The van der Waals surface area contributed by atoms with Crippen LogP contribution in [0.1, 0.15) is 16.7 Å². The highest BCUT2D eigenvalue weighted by molar-refractivity contribution is 5.85. The smallest absolute Gasteiger partial charge is 0.309 e. The molecule has 0 saturated carbocycles. The quantitative estimate of drug-likeness (QED) is 0.792. The van der Waals surface area contributed by atoms with E-state index in [9.17, 15) is 13.2 Å². The van der Waals surface area contributed by atoms with Gasteiger partial charge in [0.1, 0.15) is 0 Å². The third-order valence-corrected chi connectivity index (χ3v) is 2.31. The van der Waals surface area contributed by atoms with Crippen LogP contribution in [0.15, 0.2) is 18.2 Å². The predicted octanol–water partition coefficient (Wildman–Crippen LogP) is 2.82. The molecule has 1 aromatic carbocycles. The molecular formula is C10H11ClF3N. The third-order valence-electron chi connectivity index (χ3n) is 2.31. The maximum absolute atomic E-state index is 12.1. The third kappa shape index (κ3) is 3.11. The zero-order valence-corrected chi connectivity index (χ0v) is 8.71. The van der Waals surface area contributed by atoms with Gasteiger partial charge in [-0.15, -0.1) is 12.4 Å². The highest BCUT2D eigenvalue weighted by Gasteiger charge is 2.27. The van der Waals surface area contributed by atoms with Crippen LogP contribution in [0.5, 0.6) is 0 Å². The molecular weight excluding hydrogens is 227 g/mol. The Morgan fingerprint density at radius 3 is 2.47 bits per heavy atom. The van der Waals surface area contributed by atoms with Crippen molar-refractivity contribution in [2.45, 2.75) is 25.7 Å². The molecule has 0 unspecified atom stereocenters. The Balaban J connectivity index is 0.00000112. The van der Waals surface area contributed by atoms with Crippen LogP contribution in [-0.4, -0.2) is 6.18 Å². The SMILES string of the molecule is Cl.FC(F)(F)Cc1ccc2c(c1)CNC2. The van der Waals surface area contributed by atoms with Gasteiger partial charge in [-0.2, -0.15) is 13.2 Å². The summed E-state index contributed by atoms with van der Waals surface area (Å²) in [7, 11) is 0. The molecule has 0 amide bonds. The van der Waals surface area contributed by atoms with Crippen LogP contribution in [0.2, 0.25) is 0 Å². The lowest BCUT2D eigenvalue weighted by Crippen LogP contribution is -2.11. The van der Waals surface area contributed by atoms with Crippen molar-refractivity contribution >= 4 is 12.4 Å². The fourth-order valence-electron chi connectivity index (χ4n) is 1.69. The second-order valence-electron chi connectivity index (χ2n) is 3.50. The van der Waals surface area contributed by atoms with E-state index >= 15 is 0 Å². The van der Waals surface area contributed by atoms with Crippen molar-refractivity contribution in [3.8, 4) is 0 Å². The van der Waals surface area contributed by atoms with Gasteiger partial charge in [0, 0.05) is 13.1 Å². The van der Waals surface area contributed by atoms with Gasteiger partial charge >= 0.3 is 6.18 Å². The topological polar surface area (TPSA) is 12.0 Å². The summed E-state index contributed by atoms with van der Waals surface area (Å²) in [5, 5.41) is 3.10. The fourth-order valence-corrected chi connectivity index (χ4v) is 1.69. The van der Waals surface area contributed by atoms with Crippen molar-refractivity contribution in [2.75, 3.05) is 0 Å². The molecule has 1 aromatic rings. The van der Waals surface area contributed by atoms with Crippen LogP contribution >= 0.6 is 12.4 Å².